The third-order valence-electron chi connectivity index (χ3n) is 7.56. The molecule has 6 nitrogen and oxygen atoms in total. The fraction of sp³-hybridized carbons (Fsp3) is 0.375. The van der Waals surface area contributed by atoms with Crippen LogP contribution >= 0.6 is 0 Å². The number of imide groups is 1. The molecule has 0 saturated carbocycles. The van der Waals surface area contributed by atoms with Crippen LogP contribution in [0.25, 0.3) is 0 Å². The Labute approximate surface area is 179 Å². The molecule has 1 spiro atoms. The van der Waals surface area contributed by atoms with E-state index in [1.54, 1.807) is 6.07 Å². The van der Waals surface area contributed by atoms with Gasteiger partial charge in [-0.1, -0.05) is 31.2 Å². The van der Waals surface area contributed by atoms with Crippen LogP contribution in [0.1, 0.15) is 30.9 Å². The lowest BCUT2D eigenvalue weighted by molar-refractivity contribution is -0.135. The van der Waals surface area contributed by atoms with Crippen molar-refractivity contribution in [1.82, 2.24) is 4.90 Å². The standard InChI is InChI=1S/C24H22FN3O3/c1-2-13-9-10-16-14(12-13)24(23(31)26-16)20-19(18-8-5-11-27(18)24)21(29)28(22(20)30)17-7-4-3-6-15(17)25/h3-4,6-7,9-10,12,18-20H,2,5,8,11H2,1H3,(H,26,31). The largest absolute Gasteiger partial charge is 0.324 e. The summed E-state index contributed by atoms with van der Waals surface area (Å²) in [5.74, 6) is -3.28. The van der Waals surface area contributed by atoms with Crippen molar-refractivity contribution < 1.29 is 18.8 Å². The highest BCUT2D eigenvalue weighted by atomic mass is 19.1. The van der Waals surface area contributed by atoms with E-state index in [2.05, 4.69) is 10.2 Å². The van der Waals surface area contributed by atoms with Crippen molar-refractivity contribution in [3.63, 3.8) is 0 Å². The molecule has 4 heterocycles. The number of fused-ring (bicyclic) bond motifs is 7. The van der Waals surface area contributed by atoms with Crippen molar-refractivity contribution in [3.8, 4) is 0 Å². The molecule has 0 aliphatic carbocycles. The number of aryl methyl sites for hydroxylation is 1. The van der Waals surface area contributed by atoms with Gasteiger partial charge >= 0.3 is 0 Å². The molecule has 6 rings (SSSR count). The quantitative estimate of drug-likeness (QED) is 0.760. The minimum absolute atomic E-state index is 0.0347. The predicted molar refractivity (Wildman–Crippen MR) is 112 cm³/mol. The number of para-hydroxylation sites is 1. The molecule has 31 heavy (non-hydrogen) atoms. The van der Waals surface area contributed by atoms with Gasteiger partial charge < -0.3 is 5.32 Å². The molecule has 0 radical (unpaired) electrons. The maximum absolute atomic E-state index is 14.6. The van der Waals surface area contributed by atoms with Gasteiger partial charge in [0.15, 0.2) is 0 Å². The lowest BCUT2D eigenvalue weighted by Crippen LogP contribution is -2.54. The maximum Gasteiger partial charge on any atom is 0.250 e. The Morgan fingerprint density at radius 1 is 1.13 bits per heavy atom. The van der Waals surface area contributed by atoms with Crippen molar-refractivity contribution in [2.75, 3.05) is 16.8 Å². The molecule has 2 aromatic carbocycles. The number of rotatable bonds is 2. The Kier molecular flexibility index (Phi) is 3.76. The summed E-state index contributed by atoms with van der Waals surface area (Å²) in [6.45, 7) is 2.69. The third-order valence-corrected chi connectivity index (χ3v) is 7.56. The van der Waals surface area contributed by atoms with Gasteiger partial charge in [0, 0.05) is 17.3 Å². The number of carbonyl (C=O) groups excluding carboxylic acids is 3. The second-order valence-electron chi connectivity index (χ2n) is 8.82. The molecule has 0 aromatic heterocycles. The Hall–Kier alpha value is -3.06. The van der Waals surface area contributed by atoms with Crippen LogP contribution in [-0.4, -0.2) is 35.2 Å². The molecular weight excluding hydrogens is 397 g/mol. The van der Waals surface area contributed by atoms with E-state index in [0.29, 0.717) is 12.2 Å². The monoisotopic (exact) mass is 419 g/mol. The molecule has 1 N–H and O–H groups in total. The molecule has 7 heteroatoms. The van der Waals surface area contributed by atoms with Gasteiger partial charge in [0.1, 0.15) is 11.4 Å². The first-order chi connectivity index (χ1) is 15.0. The summed E-state index contributed by atoms with van der Waals surface area (Å²) in [4.78, 5) is 44.0. The number of hydrogen-bond donors (Lipinski definition) is 1. The molecule has 0 bridgehead atoms. The first-order valence-corrected chi connectivity index (χ1v) is 10.8. The number of halogens is 1. The first kappa shape index (κ1) is 18.7. The highest BCUT2D eigenvalue weighted by Crippen LogP contribution is 2.60. The van der Waals surface area contributed by atoms with Crippen LogP contribution in [0.15, 0.2) is 42.5 Å². The van der Waals surface area contributed by atoms with E-state index in [-0.39, 0.29) is 17.6 Å². The number of nitrogens with zero attached hydrogens (tertiary/aromatic N) is 2. The van der Waals surface area contributed by atoms with Crippen LogP contribution in [0.5, 0.6) is 0 Å². The zero-order valence-corrected chi connectivity index (χ0v) is 17.1. The summed E-state index contributed by atoms with van der Waals surface area (Å²) < 4.78 is 14.6. The number of carbonyl (C=O) groups is 3. The van der Waals surface area contributed by atoms with Crippen LogP contribution < -0.4 is 10.2 Å². The number of benzene rings is 2. The average molecular weight is 419 g/mol. The Morgan fingerprint density at radius 2 is 1.94 bits per heavy atom. The molecule has 4 unspecified atom stereocenters. The lowest BCUT2D eigenvalue weighted by Gasteiger charge is -2.36. The molecular formula is C24H22FN3O3. The topological polar surface area (TPSA) is 69.7 Å². The number of anilines is 2. The number of hydrogen-bond acceptors (Lipinski definition) is 4. The van der Waals surface area contributed by atoms with Crippen LogP contribution in [0.3, 0.4) is 0 Å². The van der Waals surface area contributed by atoms with Crippen LogP contribution in [0, 0.1) is 17.7 Å². The summed E-state index contributed by atoms with van der Waals surface area (Å²) in [6, 6.07) is 11.5. The Balaban J connectivity index is 1.57. The molecule has 2 aromatic rings. The molecule has 3 fully saturated rings. The molecule has 3 amide bonds. The fourth-order valence-corrected chi connectivity index (χ4v) is 6.34. The van der Waals surface area contributed by atoms with Gasteiger partial charge in [-0.25, -0.2) is 9.29 Å². The molecule has 4 aliphatic heterocycles. The van der Waals surface area contributed by atoms with E-state index in [4.69, 9.17) is 0 Å². The van der Waals surface area contributed by atoms with Gasteiger partial charge in [0.2, 0.25) is 17.7 Å². The molecule has 3 saturated heterocycles. The summed E-state index contributed by atoms with van der Waals surface area (Å²) >= 11 is 0. The van der Waals surface area contributed by atoms with Gasteiger partial charge in [-0.3, -0.25) is 19.3 Å². The average Bonchev–Trinajstić information content (AvgIpc) is 3.47. The van der Waals surface area contributed by atoms with Gasteiger partial charge in [-0.05, 0) is 49.6 Å². The van der Waals surface area contributed by atoms with Crippen LogP contribution in [-0.2, 0) is 26.3 Å². The summed E-state index contributed by atoms with van der Waals surface area (Å²) in [5, 5.41) is 2.97. The van der Waals surface area contributed by atoms with E-state index in [0.717, 1.165) is 35.3 Å². The second-order valence-corrected chi connectivity index (χ2v) is 8.82. The SMILES string of the molecule is CCc1ccc2c(c1)C1(C(=O)N2)C2C(=O)N(c3ccccc3F)C(=O)C2C2CCCN21. The first-order valence-electron chi connectivity index (χ1n) is 10.8. The summed E-state index contributed by atoms with van der Waals surface area (Å²) in [7, 11) is 0. The van der Waals surface area contributed by atoms with E-state index in [1.807, 2.05) is 25.1 Å². The zero-order chi connectivity index (χ0) is 21.5. The highest BCUT2D eigenvalue weighted by Gasteiger charge is 2.74. The van der Waals surface area contributed by atoms with E-state index >= 15 is 0 Å². The maximum atomic E-state index is 14.6. The molecule has 158 valence electrons. The predicted octanol–water partition coefficient (Wildman–Crippen LogP) is 2.82. The highest BCUT2D eigenvalue weighted by molar-refractivity contribution is 6.25. The molecule has 4 aliphatic rings. The van der Waals surface area contributed by atoms with Gasteiger partial charge in [-0.2, -0.15) is 0 Å². The van der Waals surface area contributed by atoms with E-state index < -0.39 is 35.0 Å². The summed E-state index contributed by atoms with van der Waals surface area (Å²) in [6.07, 6.45) is 2.39. The van der Waals surface area contributed by atoms with Crippen LogP contribution in [0.4, 0.5) is 15.8 Å². The Morgan fingerprint density at radius 3 is 2.71 bits per heavy atom. The third kappa shape index (κ3) is 2.12. The zero-order valence-electron chi connectivity index (χ0n) is 17.1. The van der Waals surface area contributed by atoms with Gasteiger partial charge in [0.25, 0.3) is 0 Å². The van der Waals surface area contributed by atoms with E-state index in [9.17, 15) is 18.8 Å². The minimum Gasteiger partial charge on any atom is -0.324 e. The normalized spacial score (nSPS) is 31.4. The lowest BCUT2D eigenvalue weighted by atomic mass is 9.75. The minimum atomic E-state index is -1.22. The smallest absolute Gasteiger partial charge is 0.250 e. The van der Waals surface area contributed by atoms with Crippen molar-refractivity contribution >= 4 is 29.1 Å². The van der Waals surface area contributed by atoms with Crippen molar-refractivity contribution in [2.45, 2.75) is 37.8 Å². The number of amides is 3. The fourth-order valence-electron chi connectivity index (χ4n) is 6.34. The van der Waals surface area contributed by atoms with Crippen molar-refractivity contribution in [3.05, 3.63) is 59.4 Å². The van der Waals surface area contributed by atoms with Crippen molar-refractivity contribution in [2.24, 2.45) is 11.8 Å². The van der Waals surface area contributed by atoms with Gasteiger partial charge in [0.05, 0.1) is 17.5 Å². The number of nitrogens with one attached hydrogen (secondary N) is 1. The van der Waals surface area contributed by atoms with Crippen molar-refractivity contribution in [1.29, 1.82) is 0 Å². The van der Waals surface area contributed by atoms with Crippen LogP contribution in [0.2, 0.25) is 0 Å². The summed E-state index contributed by atoms with van der Waals surface area (Å²) in [5.41, 5.74) is 1.27. The Bertz CT molecular complexity index is 1160. The van der Waals surface area contributed by atoms with Gasteiger partial charge in [-0.15, -0.1) is 0 Å². The van der Waals surface area contributed by atoms with E-state index in [1.165, 1.54) is 18.2 Å². The molecule has 4 atom stereocenters. The second kappa shape index (κ2) is 6.23.